The molecule has 3 aromatic heterocycles. The minimum absolute atomic E-state index is 0.0322. The zero-order valence-electron chi connectivity index (χ0n) is 16.9. The minimum Gasteiger partial charge on any atom is -0.384 e. The number of pyridine rings is 2. The first-order valence-corrected chi connectivity index (χ1v) is 9.51. The normalized spacial score (nSPS) is 11.3. The molecule has 0 saturated heterocycles. The zero-order valence-corrected chi connectivity index (χ0v) is 16.9. The summed E-state index contributed by atoms with van der Waals surface area (Å²) in [6.07, 6.45) is -1.19. The number of nitrogens with zero attached hydrogens (tertiary/aromatic N) is 4. The number of alkyl halides is 3. The molecule has 0 radical (unpaired) electrons. The van der Waals surface area contributed by atoms with E-state index in [4.69, 9.17) is 5.73 Å². The van der Waals surface area contributed by atoms with Gasteiger partial charge in [-0.05, 0) is 24.3 Å². The van der Waals surface area contributed by atoms with Gasteiger partial charge in [-0.25, -0.2) is 18.7 Å². The molecule has 0 saturated carbocycles. The summed E-state index contributed by atoms with van der Waals surface area (Å²) in [5.41, 5.74) is 5.16. The van der Waals surface area contributed by atoms with Crippen LogP contribution in [0.5, 0.6) is 0 Å². The van der Waals surface area contributed by atoms with Gasteiger partial charge in [0.05, 0.1) is 23.1 Å². The van der Waals surface area contributed by atoms with Crippen LogP contribution in [0.2, 0.25) is 0 Å². The van der Waals surface area contributed by atoms with Crippen LogP contribution < -0.4 is 11.1 Å². The first kappa shape index (κ1) is 22.7. The van der Waals surface area contributed by atoms with Crippen molar-refractivity contribution in [3.8, 4) is 22.4 Å². The molecule has 0 aliphatic heterocycles. The van der Waals surface area contributed by atoms with Crippen LogP contribution in [0.4, 0.5) is 33.5 Å². The molecule has 1 aromatic carbocycles. The van der Waals surface area contributed by atoms with Gasteiger partial charge >= 0.3 is 6.18 Å². The first-order valence-electron chi connectivity index (χ1n) is 9.51. The number of carbonyl (C=O) groups excluding carboxylic acids is 1. The Hall–Kier alpha value is -4.48. The molecule has 34 heavy (non-hydrogen) atoms. The number of anilines is 2. The lowest BCUT2D eigenvalue weighted by molar-refractivity contribution is -0.144. The summed E-state index contributed by atoms with van der Waals surface area (Å²) in [4.78, 5) is 27.2. The Morgan fingerprint density at radius 3 is 2.35 bits per heavy atom. The maximum absolute atomic E-state index is 14.0. The van der Waals surface area contributed by atoms with E-state index in [1.807, 2.05) is 0 Å². The highest BCUT2D eigenvalue weighted by Crippen LogP contribution is 2.32. The van der Waals surface area contributed by atoms with Gasteiger partial charge in [-0.1, -0.05) is 12.1 Å². The van der Waals surface area contributed by atoms with E-state index in [2.05, 4.69) is 25.3 Å². The standard InChI is InChI=1S/C22H13F5N6O/c23-13-2-1-3-14(24)19(13)11-4-5-15(30-9-11)20(34)31-17-10-29-7-6-12(17)16-8-18(28)33-21(32-16)22(25,26)27/h1-10H,(H,31,34)(H2,28,32,33). The fourth-order valence-corrected chi connectivity index (χ4v) is 3.08. The Morgan fingerprint density at radius 1 is 0.971 bits per heavy atom. The zero-order chi connectivity index (χ0) is 24.5. The Morgan fingerprint density at radius 2 is 1.71 bits per heavy atom. The number of hydrogen-bond donors (Lipinski definition) is 2. The highest BCUT2D eigenvalue weighted by molar-refractivity contribution is 6.05. The monoisotopic (exact) mass is 472 g/mol. The summed E-state index contributed by atoms with van der Waals surface area (Å²) in [6.45, 7) is 0. The van der Waals surface area contributed by atoms with Crippen LogP contribution in [-0.2, 0) is 6.18 Å². The summed E-state index contributed by atoms with van der Waals surface area (Å²) in [5.74, 6) is -4.17. The van der Waals surface area contributed by atoms with Crippen molar-refractivity contribution < 1.29 is 26.7 Å². The van der Waals surface area contributed by atoms with Crippen LogP contribution >= 0.6 is 0 Å². The molecule has 0 aliphatic rings. The van der Waals surface area contributed by atoms with Crippen LogP contribution in [0.1, 0.15) is 16.3 Å². The van der Waals surface area contributed by atoms with Gasteiger partial charge in [-0.3, -0.25) is 14.8 Å². The molecule has 4 aromatic rings. The van der Waals surface area contributed by atoms with E-state index in [1.54, 1.807) is 0 Å². The highest BCUT2D eigenvalue weighted by Gasteiger charge is 2.35. The second kappa shape index (κ2) is 8.81. The number of amides is 1. The third-order valence-corrected chi connectivity index (χ3v) is 4.59. The summed E-state index contributed by atoms with van der Waals surface area (Å²) in [7, 11) is 0. The van der Waals surface area contributed by atoms with Gasteiger partial charge in [0.25, 0.3) is 5.91 Å². The van der Waals surface area contributed by atoms with E-state index >= 15 is 0 Å². The third-order valence-electron chi connectivity index (χ3n) is 4.59. The second-order valence-electron chi connectivity index (χ2n) is 6.90. The number of halogens is 5. The van der Waals surface area contributed by atoms with Crippen molar-refractivity contribution in [3.05, 3.63) is 84.2 Å². The smallest absolute Gasteiger partial charge is 0.384 e. The Bertz CT molecular complexity index is 1360. The molecule has 0 atom stereocenters. The van der Waals surface area contributed by atoms with E-state index in [-0.39, 0.29) is 33.8 Å². The molecule has 0 aliphatic carbocycles. The molecule has 172 valence electrons. The van der Waals surface area contributed by atoms with Crippen LogP contribution in [0.25, 0.3) is 22.4 Å². The van der Waals surface area contributed by atoms with Crippen molar-refractivity contribution in [1.82, 2.24) is 19.9 Å². The number of aromatic nitrogens is 4. The Balaban J connectivity index is 1.63. The number of nitrogens with two attached hydrogens (primary N) is 1. The minimum atomic E-state index is -4.83. The fraction of sp³-hybridized carbons (Fsp3) is 0.0455. The van der Waals surface area contributed by atoms with Crippen LogP contribution in [-0.4, -0.2) is 25.8 Å². The molecule has 3 N–H and O–H groups in total. The molecule has 4 rings (SSSR count). The molecule has 0 spiro atoms. The molecular formula is C22H13F5N6O. The van der Waals surface area contributed by atoms with Gasteiger partial charge < -0.3 is 11.1 Å². The average molecular weight is 472 g/mol. The maximum Gasteiger partial charge on any atom is 0.451 e. The largest absolute Gasteiger partial charge is 0.451 e. The predicted octanol–water partition coefficient (Wildman–Crippen LogP) is 4.73. The van der Waals surface area contributed by atoms with Crippen molar-refractivity contribution in [2.45, 2.75) is 6.18 Å². The van der Waals surface area contributed by atoms with Gasteiger partial charge in [-0.15, -0.1) is 0 Å². The van der Waals surface area contributed by atoms with Gasteiger partial charge in [-0.2, -0.15) is 13.2 Å². The fourth-order valence-electron chi connectivity index (χ4n) is 3.08. The van der Waals surface area contributed by atoms with Gasteiger partial charge in [0, 0.05) is 29.6 Å². The lowest BCUT2D eigenvalue weighted by atomic mass is 10.1. The number of nitrogens with one attached hydrogen (secondary N) is 1. The summed E-state index contributed by atoms with van der Waals surface area (Å²) in [6, 6.07) is 8.43. The van der Waals surface area contributed by atoms with E-state index in [0.29, 0.717) is 0 Å². The Kier molecular flexibility index (Phi) is 5.88. The van der Waals surface area contributed by atoms with Crippen molar-refractivity contribution in [2.75, 3.05) is 11.1 Å². The maximum atomic E-state index is 14.0. The van der Waals surface area contributed by atoms with Crippen LogP contribution in [0.15, 0.2) is 61.1 Å². The number of hydrogen-bond acceptors (Lipinski definition) is 6. The number of carbonyl (C=O) groups is 1. The average Bonchev–Trinajstić information content (AvgIpc) is 2.79. The Labute approximate surface area is 188 Å². The number of rotatable bonds is 4. The van der Waals surface area contributed by atoms with E-state index in [9.17, 15) is 26.7 Å². The third kappa shape index (κ3) is 4.65. The molecule has 7 nitrogen and oxygen atoms in total. The van der Waals surface area contributed by atoms with E-state index in [1.165, 1.54) is 36.7 Å². The summed E-state index contributed by atoms with van der Waals surface area (Å²) >= 11 is 0. The quantitative estimate of drug-likeness (QED) is 0.416. The highest BCUT2D eigenvalue weighted by atomic mass is 19.4. The van der Waals surface area contributed by atoms with Gasteiger partial charge in [0.2, 0.25) is 5.82 Å². The molecule has 0 bridgehead atoms. The number of nitrogen functional groups attached to an aromatic ring is 1. The van der Waals surface area contributed by atoms with Crippen molar-refractivity contribution in [3.63, 3.8) is 0 Å². The lowest BCUT2D eigenvalue weighted by Gasteiger charge is -2.12. The molecular weight excluding hydrogens is 459 g/mol. The van der Waals surface area contributed by atoms with Crippen LogP contribution in [0.3, 0.4) is 0 Å². The van der Waals surface area contributed by atoms with Crippen molar-refractivity contribution >= 4 is 17.4 Å². The molecule has 12 heteroatoms. The topological polar surface area (TPSA) is 107 Å². The van der Waals surface area contributed by atoms with Gasteiger partial charge in [0.1, 0.15) is 23.1 Å². The second-order valence-corrected chi connectivity index (χ2v) is 6.90. The predicted molar refractivity (Wildman–Crippen MR) is 112 cm³/mol. The molecule has 0 fully saturated rings. The van der Waals surface area contributed by atoms with Crippen LogP contribution in [0, 0.1) is 11.6 Å². The molecule has 3 heterocycles. The lowest BCUT2D eigenvalue weighted by Crippen LogP contribution is -2.16. The summed E-state index contributed by atoms with van der Waals surface area (Å²) < 4.78 is 67.2. The summed E-state index contributed by atoms with van der Waals surface area (Å²) in [5, 5.41) is 2.49. The van der Waals surface area contributed by atoms with E-state index < -0.39 is 35.4 Å². The molecule has 1 amide bonds. The first-order chi connectivity index (χ1) is 16.1. The molecule has 0 unspecified atom stereocenters. The number of benzene rings is 1. The SMILES string of the molecule is Nc1cc(-c2ccncc2NC(=O)c2ccc(-c3c(F)cccc3F)cn2)nc(C(F)(F)F)n1. The van der Waals surface area contributed by atoms with E-state index in [0.717, 1.165) is 24.4 Å². The van der Waals surface area contributed by atoms with Gasteiger partial charge in [0.15, 0.2) is 0 Å². The van der Waals surface area contributed by atoms with Crippen molar-refractivity contribution in [1.29, 1.82) is 0 Å². The van der Waals surface area contributed by atoms with Crippen molar-refractivity contribution in [2.24, 2.45) is 0 Å².